The van der Waals surface area contributed by atoms with Gasteiger partial charge in [-0.25, -0.2) is 18.0 Å². The molecule has 0 radical (unpaired) electrons. The summed E-state index contributed by atoms with van der Waals surface area (Å²) in [4.78, 5) is 12.1. The van der Waals surface area contributed by atoms with Crippen LogP contribution in [0.5, 0.6) is 0 Å². The van der Waals surface area contributed by atoms with Crippen molar-refractivity contribution in [1.29, 1.82) is 0 Å². The van der Waals surface area contributed by atoms with Crippen molar-refractivity contribution >= 4 is 11.8 Å². The fourth-order valence-electron chi connectivity index (χ4n) is 2.94. The molecule has 26 heavy (non-hydrogen) atoms. The van der Waals surface area contributed by atoms with Crippen LogP contribution in [0.25, 0.3) is 11.1 Å². The molecule has 0 unspecified atom stereocenters. The van der Waals surface area contributed by atoms with Crippen molar-refractivity contribution in [3.05, 3.63) is 53.8 Å². The van der Waals surface area contributed by atoms with Crippen LogP contribution >= 0.6 is 0 Å². The van der Waals surface area contributed by atoms with Crippen LogP contribution in [-0.4, -0.2) is 25.8 Å². The molecule has 1 aliphatic heterocycles. The topological polar surface area (TPSA) is 50.4 Å². The van der Waals surface area contributed by atoms with Crippen molar-refractivity contribution < 1.29 is 22.7 Å². The van der Waals surface area contributed by atoms with Crippen LogP contribution in [0.15, 0.2) is 36.4 Å². The highest BCUT2D eigenvalue weighted by Gasteiger charge is 2.17. The van der Waals surface area contributed by atoms with Gasteiger partial charge in [0.05, 0.1) is 12.3 Å². The lowest BCUT2D eigenvalue weighted by Crippen LogP contribution is -2.31. The summed E-state index contributed by atoms with van der Waals surface area (Å²) in [5, 5.41) is 5.82. The van der Waals surface area contributed by atoms with E-state index in [4.69, 9.17) is 4.74 Å². The predicted octanol–water partition coefficient (Wildman–Crippen LogP) is 4.32. The monoisotopic (exact) mass is 364 g/mol. The first-order valence-corrected chi connectivity index (χ1v) is 8.43. The van der Waals surface area contributed by atoms with Crippen LogP contribution in [0, 0.1) is 23.4 Å². The van der Waals surface area contributed by atoms with Crippen molar-refractivity contribution in [3.63, 3.8) is 0 Å². The van der Waals surface area contributed by atoms with E-state index in [1.807, 2.05) is 0 Å². The number of ether oxygens (including phenoxy) is 1. The predicted molar refractivity (Wildman–Crippen MR) is 92.3 cm³/mol. The van der Waals surface area contributed by atoms with E-state index < -0.39 is 23.5 Å². The third kappa shape index (κ3) is 4.35. The highest BCUT2D eigenvalue weighted by atomic mass is 19.2. The normalized spacial score (nSPS) is 14.9. The van der Waals surface area contributed by atoms with E-state index in [1.165, 1.54) is 0 Å². The summed E-state index contributed by atoms with van der Waals surface area (Å²) in [7, 11) is 0. The van der Waals surface area contributed by atoms with E-state index in [1.54, 1.807) is 24.3 Å². The van der Waals surface area contributed by atoms with Crippen LogP contribution < -0.4 is 10.6 Å². The molecule has 0 aromatic heterocycles. The van der Waals surface area contributed by atoms with Crippen molar-refractivity contribution in [2.75, 3.05) is 25.0 Å². The number of rotatable bonds is 4. The van der Waals surface area contributed by atoms with E-state index in [2.05, 4.69) is 10.6 Å². The van der Waals surface area contributed by atoms with E-state index in [-0.39, 0.29) is 5.56 Å². The number of hydrogen-bond acceptors (Lipinski definition) is 3. The Balaban J connectivity index is 1.72. The molecule has 3 rings (SSSR count). The molecule has 1 aliphatic rings. The fourth-order valence-corrected chi connectivity index (χ4v) is 2.94. The van der Waals surface area contributed by atoms with Crippen LogP contribution in [0.2, 0.25) is 0 Å². The second-order valence-electron chi connectivity index (χ2n) is 6.22. The van der Waals surface area contributed by atoms with Gasteiger partial charge in [-0.3, -0.25) is 5.32 Å². The Kier molecular flexibility index (Phi) is 5.78. The van der Waals surface area contributed by atoms with Gasteiger partial charge >= 0.3 is 6.09 Å². The molecular formula is C19H19F3N2O2. The Morgan fingerprint density at radius 3 is 2.46 bits per heavy atom. The minimum atomic E-state index is -1.53. The first kappa shape index (κ1) is 18.3. The molecule has 7 heteroatoms. The lowest BCUT2D eigenvalue weighted by Gasteiger charge is -2.22. The minimum Gasteiger partial charge on any atom is -0.449 e. The first-order valence-electron chi connectivity index (χ1n) is 8.43. The van der Waals surface area contributed by atoms with Crippen LogP contribution in [0.1, 0.15) is 12.8 Å². The summed E-state index contributed by atoms with van der Waals surface area (Å²) in [6.07, 6.45) is 1.25. The number of hydrogen-bond donors (Lipinski definition) is 2. The summed E-state index contributed by atoms with van der Waals surface area (Å²) in [6, 6.07) is 8.26. The third-order valence-corrected chi connectivity index (χ3v) is 4.37. The number of benzene rings is 2. The molecule has 1 heterocycles. The van der Waals surface area contributed by atoms with Gasteiger partial charge in [0.25, 0.3) is 0 Å². The number of anilines is 1. The molecule has 138 valence electrons. The van der Waals surface area contributed by atoms with Gasteiger partial charge in [-0.1, -0.05) is 18.2 Å². The zero-order valence-corrected chi connectivity index (χ0v) is 14.0. The molecule has 1 amide bonds. The zero-order valence-electron chi connectivity index (χ0n) is 14.0. The van der Waals surface area contributed by atoms with Gasteiger partial charge in [0.15, 0.2) is 17.5 Å². The Morgan fingerprint density at radius 2 is 1.77 bits per heavy atom. The molecule has 0 atom stereocenters. The van der Waals surface area contributed by atoms with Gasteiger partial charge in [0, 0.05) is 5.56 Å². The number of piperidine rings is 1. The van der Waals surface area contributed by atoms with E-state index in [9.17, 15) is 18.0 Å². The first-order chi connectivity index (χ1) is 12.5. The molecular weight excluding hydrogens is 345 g/mol. The lowest BCUT2D eigenvalue weighted by atomic mass is 9.99. The van der Waals surface area contributed by atoms with Crippen LogP contribution in [0.4, 0.5) is 23.7 Å². The van der Waals surface area contributed by atoms with E-state index >= 15 is 0 Å². The summed E-state index contributed by atoms with van der Waals surface area (Å²) >= 11 is 0. The fraction of sp³-hybridized carbons (Fsp3) is 0.316. The summed E-state index contributed by atoms with van der Waals surface area (Å²) in [5.41, 5.74) is 0.813. The molecule has 2 aromatic rings. The maximum Gasteiger partial charge on any atom is 0.411 e. The van der Waals surface area contributed by atoms with Gasteiger partial charge in [0.2, 0.25) is 0 Å². The van der Waals surface area contributed by atoms with Crippen molar-refractivity contribution in [2.45, 2.75) is 12.8 Å². The smallest absolute Gasteiger partial charge is 0.411 e. The number of halogens is 3. The van der Waals surface area contributed by atoms with Gasteiger partial charge < -0.3 is 10.1 Å². The highest BCUT2D eigenvalue weighted by Crippen LogP contribution is 2.30. The molecule has 2 aromatic carbocycles. The standard InChI is InChI=1S/C19H19F3N2O2/c20-15-9-13(10-16(21)18(15)22)14-3-1-2-4-17(14)24-19(25)26-11-12-5-7-23-8-6-12/h1-4,9-10,12,23H,5-8,11H2,(H,24,25). The Bertz CT molecular complexity index is 769. The van der Waals surface area contributed by atoms with Crippen LogP contribution in [-0.2, 0) is 4.74 Å². The quantitative estimate of drug-likeness (QED) is 0.795. The molecule has 4 nitrogen and oxygen atoms in total. The summed E-state index contributed by atoms with van der Waals surface area (Å²) < 4.78 is 45.5. The van der Waals surface area contributed by atoms with Crippen molar-refractivity contribution in [1.82, 2.24) is 5.32 Å². The SMILES string of the molecule is O=C(Nc1ccccc1-c1cc(F)c(F)c(F)c1)OCC1CCNCC1. The highest BCUT2D eigenvalue weighted by molar-refractivity contribution is 5.91. The molecule has 1 saturated heterocycles. The second-order valence-corrected chi connectivity index (χ2v) is 6.22. The van der Waals surface area contributed by atoms with Gasteiger partial charge in [-0.05, 0) is 55.6 Å². The van der Waals surface area contributed by atoms with Crippen molar-refractivity contribution in [3.8, 4) is 11.1 Å². The number of carbonyl (C=O) groups is 1. The van der Waals surface area contributed by atoms with Gasteiger partial charge in [-0.15, -0.1) is 0 Å². The number of carbonyl (C=O) groups excluding carboxylic acids is 1. The van der Waals surface area contributed by atoms with E-state index in [0.717, 1.165) is 38.1 Å². The Labute approximate surface area is 149 Å². The van der Waals surface area contributed by atoms with Gasteiger partial charge in [0.1, 0.15) is 0 Å². The Hall–Kier alpha value is -2.54. The molecule has 0 saturated carbocycles. The molecule has 0 bridgehead atoms. The van der Waals surface area contributed by atoms with Gasteiger partial charge in [-0.2, -0.15) is 0 Å². The third-order valence-electron chi connectivity index (χ3n) is 4.37. The largest absolute Gasteiger partial charge is 0.449 e. The average Bonchev–Trinajstić information content (AvgIpc) is 2.65. The summed E-state index contributed by atoms with van der Waals surface area (Å²) in [6.45, 7) is 2.12. The Morgan fingerprint density at radius 1 is 1.12 bits per heavy atom. The molecule has 0 aliphatic carbocycles. The average molecular weight is 364 g/mol. The van der Waals surface area contributed by atoms with E-state index in [0.29, 0.717) is 23.8 Å². The number of nitrogens with one attached hydrogen (secondary N) is 2. The molecule has 0 spiro atoms. The number of amides is 1. The minimum absolute atomic E-state index is 0.121. The van der Waals surface area contributed by atoms with Crippen molar-refractivity contribution in [2.24, 2.45) is 5.92 Å². The molecule has 1 fully saturated rings. The maximum absolute atomic E-state index is 13.5. The number of para-hydroxylation sites is 1. The maximum atomic E-state index is 13.5. The second kappa shape index (κ2) is 8.23. The van der Waals surface area contributed by atoms with Crippen LogP contribution in [0.3, 0.4) is 0 Å². The lowest BCUT2D eigenvalue weighted by molar-refractivity contribution is 0.131. The zero-order chi connectivity index (χ0) is 18.5. The summed E-state index contributed by atoms with van der Waals surface area (Å²) in [5.74, 6) is -3.79. The molecule has 2 N–H and O–H groups in total.